The van der Waals surface area contributed by atoms with E-state index in [0.717, 1.165) is 81.2 Å². The molecule has 0 radical (unpaired) electrons. The molecular formula is C94H70BBr2ClN20O7. The molecular weight excluding hydrogens is 1730 g/mol. The number of nitriles is 4. The van der Waals surface area contributed by atoms with Crippen LogP contribution in [0.2, 0.25) is 0 Å². The van der Waals surface area contributed by atoms with E-state index in [1.165, 1.54) is 50.7 Å². The Balaban J connectivity index is 0.000000139. The lowest BCUT2D eigenvalue weighted by atomic mass is 9.81. The second kappa shape index (κ2) is 40.8. The Bertz CT molecular complexity index is 6780. The maximum Gasteiger partial charge on any atom is 0.498 e. The van der Waals surface area contributed by atoms with Crippen molar-refractivity contribution < 1.29 is 14.4 Å². The van der Waals surface area contributed by atoms with Crippen molar-refractivity contribution in [3.05, 3.63) is 387 Å². The number of rotatable bonds is 16. The molecule has 8 aromatic heterocycles. The second-order valence-corrected chi connectivity index (χ2v) is 30.9. The Hall–Kier alpha value is -15.4. The third kappa shape index (κ3) is 23.2. The van der Waals surface area contributed by atoms with Crippen molar-refractivity contribution >= 4 is 56.0 Å². The molecule has 31 heteroatoms. The maximum atomic E-state index is 12.5. The minimum atomic E-state index is -0.524. The molecule has 8 aromatic carbocycles. The van der Waals surface area contributed by atoms with Crippen molar-refractivity contribution in [1.29, 1.82) is 21.0 Å². The van der Waals surface area contributed by atoms with E-state index in [-0.39, 0.29) is 41.1 Å². The Morgan fingerprint density at radius 3 is 0.984 bits per heavy atom. The fourth-order valence-electron chi connectivity index (χ4n) is 12.4. The van der Waals surface area contributed by atoms with Gasteiger partial charge in [-0.15, -0.1) is 11.6 Å². The summed E-state index contributed by atoms with van der Waals surface area (Å²) in [6, 6.07) is 80.1. The molecule has 0 amide bonds. The summed E-state index contributed by atoms with van der Waals surface area (Å²) in [7, 11) is -0.524. The lowest BCUT2D eigenvalue weighted by Gasteiger charge is -2.32. The largest absolute Gasteiger partial charge is 0.505 e. The van der Waals surface area contributed by atoms with Crippen LogP contribution in [-0.2, 0) is 34.8 Å². The van der Waals surface area contributed by atoms with Crippen molar-refractivity contribution in [3.63, 3.8) is 0 Å². The van der Waals surface area contributed by atoms with Gasteiger partial charge < -0.3 is 14.4 Å². The van der Waals surface area contributed by atoms with Crippen LogP contribution in [0.25, 0.3) is 90.6 Å². The average Bonchev–Trinajstić information content (AvgIpc) is 1.62. The van der Waals surface area contributed by atoms with Crippen LogP contribution in [0.1, 0.15) is 72.2 Å². The normalized spacial score (nSPS) is 11.9. The van der Waals surface area contributed by atoms with E-state index in [2.05, 4.69) is 115 Å². The van der Waals surface area contributed by atoms with Crippen molar-refractivity contribution in [3.8, 4) is 121 Å². The Kier molecular flexibility index (Phi) is 28.5. The smallest absolute Gasteiger partial charge is 0.498 e. The van der Waals surface area contributed by atoms with Gasteiger partial charge in [-0.1, -0.05) is 121 Å². The lowest BCUT2D eigenvalue weighted by Crippen LogP contribution is -2.41. The second-order valence-electron chi connectivity index (χ2n) is 28.8. The summed E-state index contributed by atoms with van der Waals surface area (Å²) in [6.07, 6.45) is 13.0. The molecule has 0 atom stereocenters. The van der Waals surface area contributed by atoms with Crippen LogP contribution in [0, 0.1) is 45.3 Å². The van der Waals surface area contributed by atoms with Crippen molar-refractivity contribution in [2.24, 2.45) is 0 Å². The molecule has 1 aliphatic rings. The van der Waals surface area contributed by atoms with E-state index in [0.29, 0.717) is 80.8 Å². The van der Waals surface area contributed by atoms with Gasteiger partial charge in [0.1, 0.15) is 0 Å². The summed E-state index contributed by atoms with van der Waals surface area (Å²) in [5, 5.41) is 65.1. The molecule has 1 fully saturated rings. The van der Waals surface area contributed by atoms with E-state index in [1.54, 1.807) is 134 Å². The predicted octanol–water partition coefficient (Wildman–Crippen LogP) is 15.6. The highest BCUT2D eigenvalue weighted by atomic mass is 79.9. The lowest BCUT2D eigenvalue weighted by molar-refractivity contribution is 0.00578. The number of aromatic nitrogens is 16. The van der Waals surface area contributed by atoms with Gasteiger partial charge in [-0.25, -0.2) is 59.0 Å². The summed E-state index contributed by atoms with van der Waals surface area (Å²) < 4.78 is 18.1. The molecule has 0 bridgehead atoms. The highest BCUT2D eigenvalue weighted by Crippen LogP contribution is 2.37. The van der Waals surface area contributed by atoms with Gasteiger partial charge in [0, 0.05) is 117 Å². The average molecular weight is 1800 g/mol. The molecule has 0 saturated carbocycles. The SMILES string of the molecule is CC1(C)OB(c2cnc(-c3cccc(Cn4nc(-c5cccc(C#N)c5)ccc4=O)c3)nc2)OC1(C)C.ClCc1cccc(-c2ncc(Br)cn2)c1.N#Cc1cccc(-c2ccc(=O)[nH]n2)c1.N#Cc1cccc(-c2ccc(=O)n(Cc3cccc(-c4ncc(Br)cn4)c3)n2)c1.N#Cc1cccc(-c2ccc(=O)n(Cc3cccc(-c4ncc(O)cn4)c3)n2)c1. The number of H-pyrrole nitrogens is 1. The maximum absolute atomic E-state index is 12.5. The van der Waals surface area contributed by atoms with Crippen molar-refractivity contribution in [1.82, 2.24) is 79.4 Å². The molecule has 0 unspecified atom stereocenters. The third-order valence-electron chi connectivity index (χ3n) is 19.4. The first-order chi connectivity index (χ1) is 60.5. The quantitative estimate of drug-likeness (QED) is 0.0670. The Morgan fingerprint density at radius 1 is 0.376 bits per heavy atom. The number of nitrogens with zero attached hydrogens (tertiary/aromatic N) is 19. The fraction of sp³-hybridized carbons (Fsp3) is 0.106. The van der Waals surface area contributed by atoms with Gasteiger partial charge in [0.2, 0.25) is 0 Å². The topological polar surface area (TPSA) is 387 Å². The molecule has 1 aliphatic heterocycles. The summed E-state index contributed by atoms with van der Waals surface area (Å²) in [5.74, 6) is 2.86. The van der Waals surface area contributed by atoms with Crippen LogP contribution in [0.3, 0.4) is 0 Å². The molecule has 1 saturated heterocycles. The number of aromatic hydroxyl groups is 1. The Labute approximate surface area is 738 Å². The number of hydrogen-bond acceptors (Lipinski definition) is 23. The summed E-state index contributed by atoms with van der Waals surface area (Å²) in [4.78, 5) is 82.4. The molecule has 0 spiro atoms. The highest BCUT2D eigenvalue weighted by Gasteiger charge is 2.52. The van der Waals surface area contributed by atoms with Crippen LogP contribution in [0.5, 0.6) is 5.75 Å². The summed E-state index contributed by atoms with van der Waals surface area (Å²) >= 11 is 12.4. The molecule has 16 aromatic rings. The standard InChI is InChI=1S/C28H26BN5O3.C22H14BrN5O.C22H15N5O2.C11H8BrClN2.C11H7N3O/c1-27(2)28(3,4)37-29(36-27)23-16-31-26(32-17-23)22-10-6-8-20(14-22)18-34-25(35)12-11-24(33-34)21-9-5-7-19(13-21)15-30;23-19-12-25-22(26-13-19)18-6-2-4-16(10-18)14-28-21(29)8-7-20(27-28)17-5-1-3-15(9-17)11-24;23-11-15-3-1-5-17(9-15)20-7-8-21(29)27(26-20)14-16-4-2-6-18(10-16)22-24-12-19(28)13-25-22;12-10-6-14-11(15-7-10)9-3-1-2-8(4-9)5-13;12-7-8-2-1-3-9(6-8)10-4-5-11(15)14-13-10/h5-14,16-17H,18H2,1-4H3;1-10,12-13H,14H2;1-10,12-13,28H,14H2;1-4,6-7H,5H2;1-6H,(H,14,15). The Morgan fingerprint density at radius 2 is 0.664 bits per heavy atom. The van der Waals surface area contributed by atoms with Crippen LogP contribution >= 0.6 is 43.5 Å². The number of hydrogen-bond donors (Lipinski definition) is 2. The third-order valence-corrected chi connectivity index (χ3v) is 20.5. The molecule has 612 valence electrons. The zero-order valence-corrected chi connectivity index (χ0v) is 71.1. The van der Waals surface area contributed by atoms with Crippen molar-refractivity contribution in [2.75, 3.05) is 0 Å². The van der Waals surface area contributed by atoms with E-state index in [4.69, 9.17) is 36.7 Å². The number of alkyl halides is 1. The van der Waals surface area contributed by atoms with Gasteiger partial charge in [-0.05, 0) is 179 Å². The van der Waals surface area contributed by atoms with Crippen LogP contribution in [-0.4, -0.2) is 103 Å². The van der Waals surface area contributed by atoms with Gasteiger partial charge in [0.15, 0.2) is 29.0 Å². The number of nitrogens with one attached hydrogen (secondary N) is 1. The fourth-order valence-corrected chi connectivity index (χ4v) is 12.9. The monoisotopic (exact) mass is 1790 g/mol. The first-order valence-corrected chi connectivity index (χ1v) is 40.5. The van der Waals surface area contributed by atoms with E-state index in [1.807, 2.05) is 155 Å². The number of halogens is 3. The molecule has 0 aliphatic carbocycles. The zero-order chi connectivity index (χ0) is 88.0. The molecule has 27 nitrogen and oxygen atoms in total. The minimum Gasteiger partial charge on any atom is -0.505 e. The number of benzene rings is 8. The van der Waals surface area contributed by atoms with Gasteiger partial charge in [0.25, 0.3) is 22.2 Å². The van der Waals surface area contributed by atoms with Crippen LogP contribution in [0.15, 0.2) is 320 Å². The van der Waals surface area contributed by atoms with Gasteiger partial charge in [-0.3, -0.25) is 19.2 Å². The molecule has 9 heterocycles. The first-order valence-electron chi connectivity index (χ1n) is 38.4. The molecule has 125 heavy (non-hydrogen) atoms. The van der Waals surface area contributed by atoms with E-state index in [9.17, 15) is 29.5 Å². The summed E-state index contributed by atoms with van der Waals surface area (Å²) in [5.41, 5.74) is 14.0. The predicted molar refractivity (Wildman–Crippen MR) is 480 cm³/mol. The van der Waals surface area contributed by atoms with Crippen molar-refractivity contribution in [2.45, 2.75) is 64.4 Å². The summed E-state index contributed by atoms with van der Waals surface area (Å²) in [6.45, 7) is 8.90. The first kappa shape index (κ1) is 87.4. The molecule has 17 rings (SSSR count). The van der Waals surface area contributed by atoms with Gasteiger partial charge in [0.05, 0.1) is 121 Å². The highest BCUT2D eigenvalue weighted by molar-refractivity contribution is 9.10. The zero-order valence-electron chi connectivity index (χ0n) is 67.1. The van der Waals surface area contributed by atoms with Gasteiger partial charge >= 0.3 is 7.12 Å². The van der Waals surface area contributed by atoms with Crippen LogP contribution in [0.4, 0.5) is 0 Å². The van der Waals surface area contributed by atoms with E-state index < -0.39 is 18.3 Å². The van der Waals surface area contributed by atoms with Gasteiger partial charge in [-0.2, -0.15) is 41.4 Å². The number of aromatic amines is 1. The minimum absolute atomic E-state index is 0.00191. The van der Waals surface area contributed by atoms with Crippen LogP contribution < -0.4 is 27.7 Å². The van der Waals surface area contributed by atoms with E-state index >= 15 is 0 Å². The molecule has 2 N–H and O–H groups in total.